The average Bonchev–Trinajstić information content (AvgIpc) is 2.79. The fraction of sp³-hybridized carbons (Fsp3) is 0.833. The third kappa shape index (κ3) is 4.84. The molecule has 0 aromatic rings. The molecule has 0 saturated carbocycles. The van der Waals surface area contributed by atoms with Gasteiger partial charge >= 0.3 is 167 Å². The van der Waals surface area contributed by atoms with Gasteiger partial charge < -0.3 is 0 Å². The number of rotatable bonds is 14. The van der Waals surface area contributed by atoms with E-state index >= 15 is 0 Å². The number of esters is 1. The van der Waals surface area contributed by atoms with Crippen LogP contribution in [0.25, 0.3) is 0 Å². The maximum absolute atomic E-state index is 12.7. The first-order valence-electron chi connectivity index (χ1n) is 9.27. The van der Waals surface area contributed by atoms with Gasteiger partial charge in [-0.1, -0.05) is 0 Å². The molecule has 0 spiro atoms. The molecule has 0 atom stereocenters. The second-order valence-corrected chi connectivity index (χ2v) is 10.3. The number of allylic oxidation sites excluding steroid dienone is 1. The van der Waals surface area contributed by atoms with Gasteiger partial charge in [-0.3, -0.25) is 0 Å². The summed E-state index contributed by atoms with van der Waals surface area (Å²) in [6.07, 6.45) is 0. The molecule has 0 radical (unpaired) electrons. The minimum atomic E-state index is -4.36. The van der Waals surface area contributed by atoms with Gasteiger partial charge in [0.05, 0.1) is 0 Å². The molecule has 0 fully saturated rings. The fourth-order valence-corrected chi connectivity index (χ4v) is 7.04. The van der Waals surface area contributed by atoms with Crippen LogP contribution in [0.1, 0.15) is 27.7 Å². The Morgan fingerprint density at radius 2 is 1.32 bits per heavy atom. The van der Waals surface area contributed by atoms with Crippen molar-refractivity contribution in [3.63, 3.8) is 0 Å². The van der Waals surface area contributed by atoms with Crippen LogP contribution < -0.4 is 0 Å². The number of carbonyl (C=O) groups is 1. The summed E-state index contributed by atoms with van der Waals surface area (Å²) >= 11 is 0. The topological polar surface area (TPSA) is 90.9 Å². The van der Waals surface area contributed by atoms with E-state index in [2.05, 4.69) is 0 Å². The Bertz CT molecular complexity index is 518. The number of hydrogen-bond acceptors (Lipinski definition) is 9. The quantitative estimate of drug-likeness (QED) is 0.236. The van der Waals surface area contributed by atoms with Crippen molar-refractivity contribution >= 4 is 13.5 Å². The molecule has 28 heavy (non-hydrogen) atoms. The summed E-state index contributed by atoms with van der Waals surface area (Å²) < 4.78 is 45.6. The molecule has 1 heterocycles. The van der Waals surface area contributed by atoms with E-state index in [1.165, 1.54) is 0 Å². The molecule has 0 unspecified atom stereocenters. The van der Waals surface area contributed by atoms with Crippen LogP contribution in [0, 0.1) is 0 Å². The molecule has 1 aliphatic rings. The Hall–Kier alpha value is -0.800. The number of hydrogen-bond donors (Lipinski definition) is 0. The molecule has 9 nitrogen and oxygen atoms in total. The van der Waals surface area contributed by atoms with Gasteiger partial charge in [0, 0.05) is 0 Å². The summed E-state index contributed by atoms with van der Waals surface area (Å²) in [4.78, 5) is 12.7. The molecule has 0 aliphatic carbocycles. The molecule has 1 rings (SSSR count). The summed E-state index contributed by atoms with van der Waals surface area (Å²) in [7, 11) is 0.333. The van der Waals surface area contributed by atoms with Crippen LogP contribution in [0.4, 0.5) is 0 Å². The van der Waals surface area contributed by atoms with Gasteiger partial charge in [-0.05, 0) is 0 Å². The van der Waals surface area contributed by atoms with Crippen molar-refractivity contribution < 1.29 is 41.8 Å². The molecule has 0 aromatic heterocycles. The van der Waals surface area contributed by atoms with Crippen LogP contribution in [0.15, 0.2) is 11.3 Å². The van der Waals surface area contributed by atoms with E-state index in [0.717, 1.165) is 0 Å². The number of ether oxygens (including phenoxy) is 4. The predicted molar refractivity (Wildman–Crippen MR) is 105 cm³/mol. The molecule has 0 amide bonds. The first kappa shape index (κ1) is 25.2. The van der Waals surface area contributed by atoms with Gasteiger partial charge in [0.15, 0.2) is 0 Å². The molecular weight excluding hydrogens is 391 g/mol. The number of carbonyl (C=O) groups excluding carboxylic acids is 1. The van der Waals surface area contributed by atoms with Crippen molar-refractivity contribution in [3.8, 4) is 0 Å². The van der Waals surface area contributed by atoms with Crippen LogP contribution in [0.5, 0.6) is 0 Å². The van der Waals surface area contributed by atoms with E-state index in [1.54, 1.807) is 49.0 Å². The van der Waals surface area contributed by atoms with Gasteiger partial charge in [0.1, 0.15) is 0 Å². The van der Waals surface area contributed by atoms with Crippen molar-refractivity contribution in [2.45, 2.75) is 32.9 Å². The van der Waals surface area contributed by atoms with Crippen LogP contribution in [0.3, 0.4) is 0 Å². The van der Waals surface area contributed by atoms with Gasteiger partial charge in [0.25, 0.3) is 0 Å². The average molecular weight is 426 g/mol. The molecule has 0 saturated heterocycles. The molecule has 1 aliphatic heterocycles. The Kier molecular flexibility index (Phi) is 9.76. The standard InChI is InChI=1S/C18H35O9P/c1-8-23-17(19)16-15(2)27-28(18(16,3)4,24-12-9-20-5,25-13-10-21-6)26-14-11-22-7/h8-14H2,1-7H3. The van der Waals surface area contributed by atoms with Gasteiger partial charge in [-0.2, -0.15) is 0 Å². The summed E-state index contributed by atoms with van der Waals surface area (Å²) in [5.41, 5.74) is 0.333. The second-order valence-electron chi connectivity index (χ2n) is 6.59. The Balaban J connectivity index is 3.43. The number of methoxy groups -OCH3 is 3. The summed E-state index contributed by atoms with van der Waals surface area (Å²) in [5.74, 6) is -0.133. The first-order chi connectivity index (χ1) is 13.2. The van der Waals surface area contributed by atoms with Crippen LogP contribution in [0.2, 0.25) is 0 Å². The van der Waals surface area contributed by atoms with Crippen molar-refractivity contribution in [2.24, 2.45) is 0 Å². The zero-order valence-corrected chi connectivity index (χ0v) is 19.0. The van der Waals surface area contributed by atoms with E-state index in [1.807, 2.05) is 0 Å². The predicted octanol–water partition coefficient (Wildman–Crippen LogP) is 2.83. The van der Waals surface area contributed by atoms with E-state index in [-0.39, 0.29) is 26.4 Å². The van der Waals surface area contributed by atoms with Crippen molar-refractivity contribution in [2.75, 3.05) is 67.6 Å². The van der Waals surface area contributed by atoms with Crippen molar-refractivity contribution in [1.29, 1.82) is 0 Å². The van der Waals surface area contributed by atoms with Crippen molar-refractivity contribution in [3.05, 3.63) is 11.3 Å². The Labute approximate surface area is 167 Å². The SMILES string of the molecule is CCOC(=O)C1=C(C)OP(OCCOC)(OCCOC)(OCCOC)C1(C)C. The van der Waals surface area contributed by atoms with Gasteiger partial charge in [-0.15, -0.1) is 0 Å². The third-order valence-corrected chi connectivity index (χ3v) is 8.98. The zero-order valence-electron chi connectivity index (χ0n) is 18.1. The molecular formula is C18H35O9P. The molecule has 166 valence electrons. The van der Waals surface area contributed by atoms with Crippen LogP contribution in [-0.4, -0.2) is 78.7 Å². The van der Waals surface area contributed by atoms with E-state index in [0.29, 0.717) is 31.2 Å². The molecule has 0 aromatic carbocycles. The zero-order chi connectivity index (χ0) is 21.3. The van der Waals surface area contributed by atoms with E-state index in [4.69, 9.17) is 37.0 Å². The van der Waals surface area contributed by atoms with Gasteiger partial charge in [0.2, 0.25) is 0 Å². The summed E-state index contributed by atoms with van der Waals surface area (Å²) in [5, 5.41) is -1.06. The van der Waals surface area contributed by atoms with Crippen LogP contribution in [-0.2, 0) is 41.8 Å². The first-order valence-corrected chi connectivity index (χ1v) is 11.2. The maximum atomic E-state index is 12.7. The summed E-state index contributed by atoms with van der Waals surface area (Å²) in [6.45, 7) is 8.63. The Morgan fingerprint density at radius 3 is 1.68 bits per heavy atom. The third-order valence-electron chi connectivity index (χ3n) is 4.45. The monoisotopic (exact) mass is 426 g/mol. The fourth-order valence-electron chi connectivity index (χ4n) is 3.12. The summed E-state index contributed by atoms with van der Waals surface area (Å²) in [6, 6.07) is 0. The van der Waals surface area contributed by atoms with Crippen LogP contribution >= 0.6 is 7.51 Å². The van der Waals surface area contributed by atoms with Gasteiger partial charge in [-0.25, -0.2) is 0 Å². The molecule has 0 bridgehead atoms. The minimum absolute atomic E-state index is 0.154. The van der Waals surface area contributed by atoms with E-state index < -0.39 is 18.6 Å². The van der Waals surface area contributed by atoms with Crippen molar-refractivity contribution in [1.82, 2.24) is 0 Å². The normalized spacial score (nSPS) is 21.0. The van der Waals surface area contributed by atoms with E-state index in [9.17, 15) is 4.79 Å². The second kappa shape index (κ2) is 10.8. The Morgan fingerprint density at radius 1 is 0.893 bits per heavy atom. The molecule has 0 N–H and O–H groups in total. The molecule has 10 heteroatoms.